The average Bonchev–Trinajstić information content (AvgIpc) is 2.44. The first-order valence-corrected chi connectivity index (χ1v) is 6.51. The van der Waals surface area contributed by atoms with Gasteiger partial charge in [0.25, 0.3) is 5.92 Å². The molecule has 136 valence electrons. The van der Waals surface area contributed by atoms with Crippen LogP contribution in [0.4, 0.5) is 31.5 Å². The summed E-state index contributed by atoms with van der Waals surface area (Å²) >= 11 is 0. The number of alkyl halides is 5. The minimum Gasteiger partial charge on any atom is -0.320 e. The van der Waals surface area contributed by atoms with Gasteiger partial charge in [-0.25, -0.2) is 27.2 Å². The molecule has 0 saturated carbocycles. The summed E-state index contributed by atoms with van der Waals surface area (Å²) in [7, 11) is 0. The lowest BCUT2D eigenvalue weighted by atomic mass is 10.4. The van der Waals surface area contributed by atoms with Crippen molar-refractivity contribution in [2.24, 2.45) is 0 Å². The molecule has 0 fully saturated rings. The minimum absolute atomic E-state index is 0.00182. The molecular formula is C11H18F5N3O4. The number of carbonyl (C=O) groups is 2. The topological polar surface area (TPSA) is 79.9 Å². The van der Waals surface area contributed by atoms with Gasteiger partial charge in [0.2, 0.25) is 0 Å². The van der Waals surface area contributed by atoms with Crippen molar-refractivity contribution in [1.29, 1.82) is 0 Å². The summed E-state index contributed by atoms with van der Waals surface area (Å²) in [6.45, 7) is -3.81. The summed E-state index contributed by atoms with van der Waals surface area (Å²) in [5.74, 6) is -3.23. The monoisotopic (exact) mass is 351 g/mol. The van der Waals surface area contributed by atoms with E-state index in [0.29, 0.717) is 6.92 Å². The zero-order valence-electron chi connectivity index (χ0n) is 12.3. The van der Waals surface area contributed by atoms with E-state index in [2.05, 4.69) is 9.68 Å². The molecule has 7 nitrogen and oxygen atoms in total. The van der Waals surface area contributed by atoms with Crippen LogP contribution >= 0.6 is 0 Å². The molecule has 0 aliphatic heterocycles. The van der Waals surface area contributed by atoms with Crippen molar-refractivity contribution in [3.8, 4) is 0 Å². The Balaban J connectivity index is 4.44. The third-order valence-electron chi connectivity index (χ3n) is 2.01. The summed E-state index contributed by atoms with van der Waals surface area (Å²) in [5, 5.41) is 3.68. The lowest BCUT2D eigenvalue weighted by Gasteiger charge is -2.21. The van der Waals surface area contributed by atoms with Crippen molar-refractivity contribution in [3.63, 3.8) is 0 Å². The van der Waals surface area contributed by atoms with Gasteiger partial charge in [-0.3, -0.25) is 4.39 Å². The van der Waals surface area contributed by atoms with E-state index < -0.39 is 50.7 Å². The fourth-order valence-corrected chi connectivity index (χ4v) is 1.04. The molecule has 0 saturated heterocycles. The van der Waals surface area contributed by atoms with Gasteiger partial charge in [0, 0.05) is 18.7 Å². The molecule has 0 radical (unpaired) electrons. The van der Waals surface area contributed by atoms with Crippen molar-refractivity contribution in [2.75, 3.05) is 33.0 Å². The third kappa shape index (κ3) is 12.4. The van der Waals surface area contributed by atoms with Crippen LogP contribution in [0.1, 0.15) is 13.3 Å². The SMILES string of the molecule is CC(F)(F)CNC(=O)ON(CC(F)CF)OC(=O)NCCCF. The molecule has 1 atom stereocenters. The fraction of sp³-hybridized carbons (Fsp3) is 0.818. The van der Waals surface area contributed by atoms with E-state index >= 15 is 0 Å². The second-order valence-corrected chi connectivity index (χ2v) is 4.42. The molecule has 2 N–H and O–H groups in total. The maximum absolute atomic E-state index is 13.0. The molecule has 0 aromatic heterocycles. The zero-order valence-corrected chi connectivity index (χ0v) is 12.3. The maximum Gasteiger partial charge on any atom is 0.429 e. The molecule has 23 heavy (non-hydrogen) atoms. The van der Waals surface area contributed by atoms with Gasteiger partial charge >= 0.3 is 12.2 Å². The van der Waals surface area contributed by atoms with E-state index in [-0.39, 0.29) is 18.2 Å². The van der Waals surface area contributed by atoms with Crippen LogP contribution in [0.25, 0.3) is 0 Å². The van der Waals surface area contributed by atoms with Crippen LogP contribution in [-0.4, -0.2) is 62.5 Å². The smallest absolute Gasteiger partial charge is 0.320 e. The van der Waals surface area contributed by atoms with Crippen LogP contribution < -0.4 is 10.6 Å². The summed E-state index contributed by atoms with van der Waals surface area (Å²) in [4.78, 5) is 31.1. The van der Waals surface area contributed by atoms with Crippen molar-refractivity contribution in [1.82, 2.24) is 15.9 Å². The Hall–Kier alpha value is -1.85. The molecule has 0 aromatic rings. The van der Waals surface area contributed by atoms with Crippen LogP contribution in [0.3, 0.4) is 0 Å². The summed E-state index contributed by atoms with van der Waals surface area (Å²) < 4.78 is 62.0. The Morgan fingerprint density at radius 2 is 1.74 bits per heavy atom. The Bertz CT molecular complexity index is 370. The van der Waals surface area contributed by atoms with Gasteiger partial charge in [-0.1, -0.05) is 0 Å². The van der Waals surface area contributed by atoms with Gasteiger partial charge in [0.1, 0.15) is 19.4 Å². The average molecular weight is 351 g/mol. The van der Waals surface area contributed by atoms with Gasteiger partial charge in [-0.05, 0) is 6.42 Å². The first kappa shape index (κ1) is 21.1. The molecular weight excluding hydrogens is 333 g/mol. The van der Waals surface area contributed by atoms with Crippen molar-refractivity contribution < 1.29 is 41.2 Å². The molecule has 0 aliphatic carbocycles. The number of nitrogens with one attached hydrogen (secondary N) is 2. The highest BCUT2D eigenvalue weighted by molar-refractivity contribution is 5.68. The van der Waals surface area contributed by atoms with Gasteiger partial charge < -0.3 is 20.3 Å². The van der Waals surface area contributed by atoms with Gasteiger partial charge in [-0.2, -0.15) is 0 Å². The predicted octanol–water partition coefficient (Wildman–Crippen LogP) is 1.89. The van der Waals surface area contributed by atoms with Crippen LogP contribution in [0.2, 0.25) is 0 Å². The van der Waals surface area contributed by atoms with E-state index in [1.807, 2.05) is 5.32 Å². The quantitative estimate of drug-likeness (QED) is 0.357. The van der Waals surface area contributed by atoms with Crippen LogP contribution in [-0.2, 0) is 9.68 Å². The van der Waals surface area contributed by atoms with Crippen LogP contribution in [0.15, 0.2) is 0 Å². The standard InChI is InChI=1S/C11H18F5N3O4/c1-11(15,16)7-18-10(21)23-19(6-8(14)5-13)22-9(20)17-4-2-3-12/h8H,2-7H2,1H3,(H,17,20)(H,18,21). The van der Waals surface area contributed by atoms with Crippen LogP contribution in [0.5, 0.6) is 0 Å². The molecule has 12 heteroatoms. The van der Waals surface area contributed by atoms with Crippen molar-refractivity contribution in [2.45, 2.75) is 25.4 Å². The normalized spacial score (nSPS) is 12.7. The molecule has 0 rings (SSSR count). The summed E-state index contributed by atoms with van der Waals surface area (Å²) in [5.41, 5.74) is 0. The Labute approximate surface area is 129 Å². The number of carbonyl (C=O) groups excluding carboxylic acids is 2. The Kier molecular flexibility index (Phi) is 9.94. The molecule has 0 spiro atoms. The molecule has 0 aliphatic rings. The van der Waals surface area contributed by atoms with E-state index in [4.69, 9.17) is 0 Å². The minimum atomic E-state index is -3.23. The van der Waals surface area contributed by atoms with Crippen molar-refractivity contribution >= 4 is 12.2 Å². The number of halogens is 5. The first-order valence-electron chi connectivity index (χ1n) is 6.51. The van der Waals surface area contributed by atoms with E-state index in [0.717, 1.165) is 0 Å². The molecule has 2 amide bonds. The number of hydrogen-bond donors (Lipinski definition) is 2. The molecule has 1 unspecified atom stereocenters. The Morgan fingerprint density at radius 3 is 2.22 bits per heavy atom. The molecule has 0 aromatic carbocycles. The highest BCUT2D eigenvalue weighted by Crippen LogP contribution is 2.09. The molecule has 0 bridgehead atoms. The van der Waals surface area contributed by atoms with Gasteiger partial charge in [0.15, 0.2) is 0 Å². The summed E-state index contributed by atoms with van der Waals surface area (Å²) in [6.07, 6.45) is -4.86. The first-order chi connectivity index (χ1) is 10.7. The van der Waals surface area contributed by atoms with Crippen LogP contribution in [0, 0.1) is 0 Å². The van der Waals surface area contributed by atoms with E-state index in [1.165, 1.54) is 0 Å². The fourth-order valence-electron chi connectivity index (χ4n) is 1.04. The number of rotatable bonds is 10. The van der Waals surface area contributed by atoms with E-state index in [1.54, 1.807) is 5.32 Å². The van der Waals surface area contributed by atoms with Gasteiger partial charge in [-0.15, -0.1) is 0 Å². The Morgan fingerprint density at radius 1 is 1.17 bits per heavy atom. The lowest BCUT2D eigenvalue weighted by molar-refractivity contribution is -0.302. The number of hydrogen-bond acceptors (Lipinski definition) is 5. The number of nitrogens with zero attached hydrogens (tertiary/aromatic N) is 1. The van der Waals surface area contributed by atoms with E-state index in [9.17, 15) is 31.5 Å². The summed E-state index contributed by atoms with van der Waals surface area (Å²) in [6, 6.07) is 0. The molecule has 0 heterocycles. The number of amides is 2. The van der Waals surface area contributed by atoms with Gasteiger partial charge in [0.05, 0.1) is 13.2 Å². The maximum atomic E-state index is 13.0. The van der Waals surface area contributed by atoms with Crippen molar-refractivity contribution in [3.05, 3.63) is 0 Å². The zero-order chi connectivity index (χ0) is 17.9. The predicted molar refractivity (Wildman–Crippen MR) is 67.8 cm³/mol. The third-order valence-corrected chi connectivity index (χ3v) is 2.01. The second-order valence-electron chi connectivity index (χ2n) is 4.42. The highest BCUT2D eigenvalue weighted by Gasteiger charge is 2.25. The number of hydroxylamine groups is 2. The second kappa shape index (κ2) is 10.8. The highest BCUT2D eigenvalue weighted by atomic mass is 19.3. The largest absolute Gasteiger partial charge is 0.429 e. The lowest BCUT2D eigenvalue weighted by Crippen LogP contribution is -2.43.